The first-order valence-electron chi connectivity index (χ1n) is 10.3. The molecule has 0 radical (unpaired) electrons. The molecule has 1 aliphatic rings. The Balaban J connectivity index is 2.11. The Labute approximate surface area is 191 Å². The fourth-order valence-corrected chi connectivity index (χ4v) is 4.93. The van der Waals surface area contributed by atoms with Crippen molar-refractivity contribution in [3.05, 3.63) is 51.7 Å². The first-order chi connectivity index (χ1) is 15.6. The van der Waals surface area contributed by atoms with Gasteiger partial charge in [0.2, 0.25) is 0 Å². The quantitative estimate of drug-likeness (QED) is 0.269. The van der Waals surface area contributed by atoms with Crippen molar-refractivity contribution >= 4 is 28.2 Å². The van der Waals surface area contributed by atoms with Crippen molar-refractivity contribution in [1.82, 2.24) is 5.32 Å². The van der Waals surface area contributed by atoms with E-state index in [0.717, 1.165) is 47.6 Å². The highest BCUT2D eigenvalue weighted by molar-refractivity contribution is 7.16. The van der Waals surface area contributed by atoms with E-state index < -0.39 is 41.7 Å². The number of carbonyl (C=O) groups is 2. The van der Waals surface area contributed by atoms with Gasteiger partial charge < -0.3 is 15.4 Å². The van der Waals surface area contributed by atoms with Gasteiger partial charge in [0.05, 0.1) is 17.7 Å². The summed E-state index contributed by atoms with van der Waals surface area (Å²) in [4.78, 5) is 26.1. The lowest BCUT2D eigenvalue weighted by atomic mass is 10.0. The lowest BCUT2D eigenvalue weighted by Crippen LogP contribution is -2.69. The summed E-state index contributed by atoms with van der Waals surface area (Å²) in [5.41, 5.74) is -3.78. The first-order valence-corrected chi connectivity index (χ1v) is 11.1. The van der Waals surface area contributed by atoms with Crippen LogP contribution in [0.25, 0.3) is 0 Å². The SMILES string of the molecule is CCOC(=O)[C@@](NC(=O)c1ccccc1F)(Nc1sc2c(c1C#N)CCCCC2)C(F)(F)F. The Bertz CT molecular complexity index is 1090. The molecule has 2 aromatic rings. The summed E-state index contributed by atoms with van der Waals surface area (Å²) >= 11 is 0.938. The zero-order chi connectivity index (χ0) is 24.2. The molecule has 6 nitrogen and oxygen atoms in total. The molecule has 0 saturated heterocycles. The average Bonchev–Trinajstić information content (AvgIpc) is 2.91. The van der Waals surface area contributed by atoms with Crippen LogP contribution in [0.5, 0.6) is 0 Å². The number of ether oxygens (including phenoxy) is 1. The van der Waals surface area contributed by atoms with Crippen molar-refractivity contribution in [1.29, 1.82) is 5.26 Å². The Morgan fingerprint density at radius 3 is 2.52 bits per heavy atom. The maximum Gasteiger partial charge on any atom is 0.441 e. The molecule has 2 N–H and O–H groups in total. The van der Waals surface area contributed by atoms with E-state index in [9.17, 15) is 32.4 Å². The molecule has 1 heterocycles. The number of hydrogen-bond acceptors (Lipinski definition) is 6. The monoisotopic (exact) mass is 483 g/mol. The molecule has 3 rings (SSSR count). The molecule has 0 spiro atoms. The minimum Gasteiger partial charge on any atom is -0.463 e. The standard InChI is InChI=1S/C22H21F4N3O3S/c1-2-32-20(31)21(22(24,25)26,28-18(30)14-9-6-7-10-16(14)23)29-19-15(12-27)13-8-4-3-5-11-17(13)33-19/h6-7,9-10,29H,2-5,8,11H2,1H3,(H,28,30)/t21-/m1/s1. The van der Waals surface area contributed by atoms with Crippen LogP contribution >= 0.6 is 11.3 Å². The van der Waals surface area contributed by atoms with Crippen LogP contribution < -0.4 is 10.6 Å². The van der Waals surface area contributed by atoms with Crippen molar-refractivity contribution in [3.8, 4) is 6.07 Å². The minimum absolute atomic E-state index is 0.00466. The number of nitriles is 1. The van der Waals surface area contributed by atoms with Gasteiger partial charge in [-0.2, -0.15) is 18.4 Å². The van der Waals surface area contributed by atoms with Gasteiger partial charge in [-0.25, -0.2) is 9.18 Å². The highest BCUT2D eigenvalue weighted by atomic mass is 32.1. The highest BCUT2D eigenvalue weighted by Gasteiger charge is 2.64. The zero-order valence-electron chi connectivity index (χ0n) is 17.6. The van der Waals surface area contributed by atoms with Gasteiger partial charge in [0.25, 0.3) is 5.91 Å². The van der Waals surface area contributed by atoms with Crippen LogP contribution in [-0.2, 0) is 22.4 Å². The predicted octanol–water partition coefficient (Wildman–Crippen LogP) is 4.69. The molecular formula is C22H21F4N3O3S. The number of hydrogen-bond donors (Lipinski definition) is 2. The smallest absolute Gasteiger partial charge is 0.441 e. The number of thiophene rings is 1. The summed E-state index contributed by atoms with van der Waals surface area (Å²) in [7, 11) is 0. The van der Waals surface area contributed by atoms with Crippen LogP contribution in [0.3, 0.4) is 0 Å². The number of benzene rings is 1. The van der Waals surface area contributed by atoms with Gasteiger partial charge in [0.15, 0.2) is 0 Å². The van der Waals surface area contributed by atoms with Gasteiger partial charge >= 0.3 is 17.8 Å². The van der Waals surface area contributed by atoms with Gasteiger partial charge in [-0.15, -0.1) is 11.3 Å². The molecule has 1 aromatic heterocycles. The number of anilines is 1. The molecule has 1 aliphatic carbocycles. The Kier molecular flexibility index (Phi) is 7.27. The molecular weight excluding hydrogens is 462 g/mol. The summed E-state index contributed by atoms with van der Waals surface area (Å²) in [5, 5.41) is 13.2. The Hall–Kier alpha value is -3.13. The van der Waals surface area contributed by atoms with E-state index in [2.05, 4.69) is 10.1 Å². The molecule has 0 fully saturated rings. The molecule has 33 heavy (non-hydrogen) atoms. The Morgan fingerprint density at radius 2 is 1.88 bits per heavy atom. The maximum atomic E-state index is 14.4. The average molecular weight is 483 g/mol. The number of aryl methyl sites for hydroxylation is 1. The molecule has 0 bridgehead atoms. The normalized spacial score (nSPS) is 15.4. The van der Waals surface area contributed by atoms with Gasteiger partial charge in [-0.1, -0.05) is 18.6 Å². The molecule has 0 aliphatic heterocycles. The third-order valence-corrected chi connectivity index (χ3v) is 6.47. The number of amides is 1. The zero-order valence-corrected chi connectivity index (χ0v) is 18.5. The summed E-state index contributed by atoms with van der Waals surface area (Å²) in [5.74, 6) is -4.35. The number of alkyl halides is 3. The van der Waals surface area contributed by atoms with Crippen LogP contribution in [-0.4, -0.2) is 30.3 Å². The second-order valence-electron chi connectivity index (χ2n) is 7.41. The van der Waals surface area contributed by atoms with Crippen LogP contribution in [0.15, 0.2) is 24.3 Å². The summed E-state index contributed by atoms with van der Waals surface area (Å²) in [6.07, 6.45) is -1.74. The molecule has 1 aromatic carbocycles. The fraction of sp³-hybridized carbons (Fsp3) is 0.409. The van der Waals surface area contributed by atoms with Crippen LogP contribution in [0.2, 0.25) is 0 Å². The number of esters is 1. The van der Waals surface area contributed by atoms with Crippen LogP contribution in [0.1, 0.15) is 52.5 Å². The lowest BCUT2D eigenvalue weighted by Gasteiger charge is -2.35. The molecule has 1 atom stereocenters. The number of nitrogens with zero attached hydrogens (tertiary/aromatic N) is 1. The number of rotatable bonds is 6. The molecule has 0 unspecified atom stereocenters. The van der Waals surface area contributed by atoms with Crippen molar-refractivity contribution in [2.75, 3.05) is 11.9 Å². The third kappa shape index (κ3) is 4.80. The first kappa shape index (κ1) is 24.5. The molecule has 11 heteroatoms. The lowest BCUT2D eigenvalue weighted by molar-refractivity contribution is -0.204. The summed E-state index contributed by atoms with van der Waals surface area (Å²) in [6.45, 7) is 0.908. The number of carbonyl (C=O) groups excluding carboxylic acids is 2. The van der Waals surface area contributed by atoms with Gasteiger partial charge in [0.1, 0.15) is 16.9 Å². The van der Waals surface area contributed by atoms with Gasteiger partial charge in [0, 0.05) is 4.88 Å². The van der Waals surface area contributed by atoms with E-state index in [1.807, 2.05) is 6.07 Å². The van der Waals surface area contributed by atoms with Crippen molar-refractivity contribution in [3.63, 3.8) is 0 Å². The van der Waals surface area contributed by atoms with Crippen molar-refractivity contribution in [2.24, 2.45) is 0 Å². The Morgan fingerprint density at radius 1 is 1.18 bits per heavy atom. The van der Waals surface area contributed by atoms with E-state index in [1.165, 1.54) is 19.1 Å². The van der Waals surface area contributed by atoms with E-state index >= 15 is 0 Å². The van der Waals surface area contributed by atoms with Crippen LogP contribution in [0, 0.1) is 17.1 Å². The third-order valence-electron chi connectivity index (χ3n) is 5.26. The van der Waals surface area contributed by atoms with Crippen molar-refractivity contribution < 1.29 is 31.9 Å². The minimum atomic E-state index is -5.39. The van der Waals surface area contributed by atoms with Gasteiger partial charge in [-0.3, -0.25) is 4.79 Å². The van der Waals surface area contributed by atoms with Crippen LogP contribution in [0.4, 0.5) is 22.6 Å². The largest absolute Gasteiger partial charge is 0.463 e. The van der Waals surface area contributed by atoms with E-state index in [1.54, 1.807) is 5.32 Å². The summed E-state index contributed by atoms with van der Waals surface area (Å²) in [6, 6.07) is 6.37. The van der Waals surface area contributed by atoms with E-state index in [4.69, 9.17) is 0 Å². The molecule has 1 amide bonds. The maximum absolute atomic E-state index is 14.4. The van der Waals surface area contributed by atoms with Crippen molar-refractivity contribution in [2.45, 2.75) is 50.9 Å². The van der Waals surface area contributed by atoms with E-state index in [0.29, 0.717) is 18.4 Å². The number of halogens is 4. The highest BCUT2D eigenvalue weighted by Crippen LogP contribution is 2.41. The number of fused-ring (bicyclic) bond motifs is 1. The van der Waals surface area contributed by atoms with Gasteiger partial charge in [-0.05, 0) is 50.3 Å². The molecule has 176 valence electrons. The second-order valence-corrected chi connectivity index (χ2v) is 8.51. The fourth-order valence-electron chi connectivity index (χ4n) is 3.63. The summed E-state index contributed by atoms with van der Waals surface area (Å²) < 4.78 is 62.1. The second kappa shape index (κ2) is 9.79. The number of nitrogens with one attached hydrogen (secondary N) is 2. The predicted molar refractivity (Wildman–Crippen MR) is 113 cm³/mol. The van der Waals surface area contributed by atoms with E-state index in [-0.39, 0.29) is 10.6 Å². The topological polar surface area (TPSA) is 91.2 Å². The molecule has 0 saturated carbocycles.